The molecule has 0 fully saturated rings. The summed E-state index contributed by atoms with van der Waals surface area (Å²) < 4.78 is 32.9. The van der Waals surface area contributed by atoms with Gasteiger partial charge in [-0.3, -0.25) is 9.59 Å². The van der Waals surface area contributed by atoms with Crippen molar-refractivity contribution in [2.75, 3.05) is 11.9 Å². The van der Waals surface area contributed by atoms with Crippen molar-refractivity contribution in [3.05, 3.63) is 129 Å². The Labute approximate surface area is 271 Å². The molecule has 0 aliphatic carbocycles. The molecule has 2 N–H and O–H groups in total. The van der Waals surface area contributed by atoms with Crippen molar-refractivity contribution in [3.8, 4) is 17.2 Å². The maximum Gasteiger partial charge on any atom is 0.307 e. The lowest BCUT2D eigenvalue weighted by Gasteiger charge is -2.11. The Balaban J connectivity index is 1.10. The summed E-state index contributed by atoms with van der Waals surface area (Å²) in [5.41, 5.74) is 6.60. The van der Waals surface area contributed by atoms with Crippen LogP contribution in [0.15, 0.2) is 98.9 Å². The minimum atomic E-state index is -0.547. The summed E-state index contributed by atoms with van der Waals surface area (Å²) in [6.45, 7) is 3.90. The van der Waals surface area contributed by atoms with Crippen LogP contribution >= 0.6 is 27.5 Å². The molecule has 5 aromatic rings. The van der Waals surface area contributed by atoms with Crippen LogP contribution in [-0.4, -0.2) is 29.2 Å². The second-order valence-corrected chi connectivity index (χ2v) is 11.1. The normalized spacial score (nSPS) is 11.0. The van der Waals surface area contributed by atoms with Gasteiger partial charge in [0.25, 0.3) is 5.91 Å². The number of hydrogen-bond donors (Lipinski definition) is 2. The van der Waals surface area contributed by atoms with Crippen molar-refractivity contribution in [3.63, 3.8) is 0 Å². The highest BCUT2D eigenvalue weighted by atomic mass is 79.9. The van der Waals surface area contributed by atoms with E-state index >= 15 is 0 Å². The van der Waals surface area contributed by atoms with Crippen molar-refractivity contribution in [1.82, 2.24) is 9.99 Å². The molecule has 0 radical (unpaired) electrons. The molecule has 230 valence electrons. The molecule has 0 aliphatic heterocycles. The summed E-state index contributed by atoms with van der Waals surface area (Å²) in [7, 11) is 0. The Morgan fingerprint density at radius 3 is 2.47 bits per heavy atom. The van der Waals surface area contributed by atoms with Gasteiger partial charge in [0.05, 0.1) is 15.7 Å². The van der Waals surface area contributed by atoms with Gasteiger partial charge in [0.15, 0.2) is 18.1 Å². The first-order valence-electron chi connectivity index (χ1n) is 13.6. The smallest absolute Gasteiger partial charge is 0.307 e. The summed E-state index contributed by atoms with van der Waals surface area (Å²) in [5, 5.41) is 6.72. The Bertz CT molecular complexity index is 1830. The average molecular weight is 694 g/mol. The maximum absolute atomic E-state index is 13.3. The molecule has 0 saturated carbocycles. The molecule has 0 saturated heterocycles. The molecule has 2 aromatic heterocycles. The Morgan fingerprint density at radius 2 is 1.76 bits per heavy atom. The van der Waals surface area contributed by atoms with Crippen LogP contribution in [0.4, 0.5) is 10.1 Å². The number of anilines is 1. The van der Waals surface area contributed by atoms with Gasteiger partial charge in [-0.1, -0.05) is 17.7 Å². The number of halogens is 3. The first kappa shape index (κ1) is 31.6. The maximum atomic E-state index is 13.3. The number of furan rings is 1. The summed E-state index contributed by atoms with van der Waals surface area (Å²) in [4.78, 5) is 24.7. The van der Waals surface area contributed by atoms with Crippen molar-refractivity contribution in [2.24, 2.45) is 5.10 Å². The highest BCUT2D eigenvalue weighted by Crippen LogP contribution is 2.34. The van der Waals surface area contributed by atoms with Crippen LogP contribution in [0.1, 0.15) is 33.3 Å². The lowest BCUT2D eigenvalue weighted by Crippen LogP contribution is -2.20. The van der Waals surface area contributed by atoms with E-state index in [0.717, 1.165) is 17.1 Å². The molecule has 0 bridgehead atoms. The van der Waals surface area contributed by atoms with Gasteiger partial charge in [-0.15, -0.1) is 0 Å². The molecular formula is C33H27BrClFN4O5. The van der Waals surface area contributed by atoms with E-state index in [4.69, 9.17) is 25.5 Å². The van der Waals surface area contributed by atoms with Crippen LogP contribution in [0.5, 0.6) is 11.5 Å². The number of nitrogens with one attached hydrogen (secondary N) is 2. The molecule has 5 rings (SSSR count). The zero-order chi connectivity index (χ0) is 31.9. The van der Waals surface area contributed by atoms with Gasteiger partial charge in [0, 0.05) is 22.8 Å². The molecule has 2 amide bonds. The number of carbonyl (C=O) groups is 2. The first-order valence-corrected chi connectivity index (χ1v) is 14.8. The fraction of sp³-hybridized carbons (Fsp3) is 0.121. The second-order valence-electron chi connectivity index (χ2n) is 9.86. The van der Waals surface area contributed by atoms with Crippen LogP contribution in [0.2, 0.25) is 5.02 Å². The lowest BCUT2D eigenvalue weighted by atomic mass is 10.2. The zero-order valence-electron chi connectivity index (χ0n) is 24.1. The summed E-state index contributed by atoms with van der Waals surface area (Å²) >= 11 is 9.71. The van der Waals surface area contributed by atoms with Crippen molar-refractivity contribution < 1.29 is 27.9 Å². The standard InChI is InChI=1S/C33H27BrClFN4O5/c1-20-6-7-21(2)40(20)25-8-10-26(11-9-25)43-18-27-12-13-30(45-27)33(42)39-37-17-22-14-28(34)32(29(35)15-22)44-19-31(41)38-24-5-3-4-23(36)16-24/h3-17H,18-19H2,1-2H3,(H,38,41)(H,39,42)/b37-17+. The molecule has 3 aromatic carbocycles. The Hall–Kier alpha value is -4.87. The monoisotopic (exact) mass is 692 g/mol. The van der Waals surface area contributed by atoms with E-state index < -0.39 is 17.6 Å². The van der Waals surface area contributed by atoms with E-state index in [1.807, 2.05) is 24.3 Å². The highest BCUT2D eigenvalue weighted by Gasteiger charge is 2.14. The third-order valence-electron chi connectivity index (χ3n) is 6.49. The zero-order valence-corrected chi connectivity index (χ0v) is 26.5. The van der Waals surface area contributed by atoms with Crippen LogP contribution in [-0.2, 0) is 11.4 Å². The quantitative estimate of drug-likeness (QED) is 0.109. The fourth-order valence-electron chi connectivity index (χ4n) is 4.41. The molecule has 0 spiro atoms. The number of aryl methyl sites for hydroxylation is 2. The van der Waals surface area contributed by atoms with Crippen LogP contribution < -0.4 is 20.2 Å². The fourth-order valence-corrected chi connectivity index (χ4v) is 5.40. The third-order valence-corrected chi connectivity index (χ3v) is 7.36. The van der Waals surface area contributed by atoms with Crippen LogP contribution in [0.25, 0.3) is 5.69 Å². The number of hydrazone groups is 1. The molecular weight excluding hydrogens is 667 g/mol. The van der Waals surface area contributed by atoms with Gasteiger partial charge in [0.1, 0.15) is 23.9 Å². The van der Waals surface area contributed by atoms with Crippen LogP contribution in [0, 0.1) is 19.7 Å². The lowest BCUT2D eigenvalue weighted by molar-refractivity contribution is -0.118. The number of rotatable bonds is 11. The Kier molecular flexibility index (Phi) is 10.0. The van der Waals surface area contributed by atoms with E-state index in [1.165, 1.54) is 30.5 Å². The van der Waals surface area contributed by atoms with E-state index in [0.29, 0.717) is 27.2 Å². The molecule has 2 heterocycles. The van der Waals surface area contributed by atoms with Crippen molar-refractivity contribution >= 4 is 51.2 Å². The minimum absolute atomic E-state index is 0.0686. The van der Waals surface area contributed by atoms with E-state index in [1.54, 1.807) is 24.3 Å². The molecule has 9 nitrogen and oxygen atoms in total. The predicted molar refractivity (Wildman–Crippen MR) is 173 cm³/mol. The van der Waals surface area contributed by atoms with E-state index in [2.05, 4.69) is 62.3 Å². The first-order chi connectivity index (χ1) is 21.7. The second kappa shape index (κ2) is 14.3. The van der Waals surface area contributed by atoms with Gasteiger partial charge in [-0.25, -0.2) is 9.82 Å². The predicted octanol–water partition coefficient (Wildman–Crippen LogP) is 7.60. The topological polar surface area (TPSA) is 107 Å². The largest absolute Gasteiger partial charge is 0.486 e. The molecule has 0 aliphatic rings. The molecule has 45 heavy (non-hydrogen) atoms. The SMILES string of the molecule is Cc1ccc(C)n1-c1ccc(OCc2ccc(C(=O)N/N=C/c3cc(Cl)c(OCC(=O)Nc4cccc(F)c4)c(Br)c3)o2)cc1. The van der Waals surface area contributed by atoms with Gasteiger partial charge in [0.2, 0.25) is 0 Å². The van der Waals surface area contributed by atoms with Gasteiger partial charge < -0.3 is 23.8 Å². The average Bonchev–Trinajstić information content (AvgIpc) is 3.62. The summed E-state index contributed by atoms with van der Waals surface area (Å²) in [5.74, 6) is -0.0596. The van der Waals surface area contributed by atoms with Gasteiger partial charge in [-0.05, 0) is 114 Å². The molecule has 0 atom stereocenters. The van der Waals surface area contributed by atoms with Crippen molar-refractivity contribution in [1.29, 1.82) is 0 Å². The number of hydrogen-bond acceptors (Lipinski definition) is 6. The van der Waals surface area contributed by atoms with E-state index in [-0.39, 0.29) is 29.7 Å². The third kappa shape index (κ3) is 8.20. The molecule has 12 heteroatoms. The summed E-state index contributed by atoms with van der Waals surface area (Å²) in [6, 6.07) is 23.8. The molecule has 0 unspecified atom stereocenters. The number of carbonyl (C=O) groups excluding carboxylic acids is 2. The van der Waals surface area contributed by atoms with E-state index in [9.17, 15) is 14.0 Å². The Morgan fingerprint density at radius 1 is 1.00 bits per heavy atom. The number of aromatic nitrogens is 1. The highest BCUT2D eigenvalue weighted by molar-refractivity contribution is 9.10. The van der Waals surface area contributed by atoms with Crippen molar-refractivity contribution in [2.45, 2.75) is 20.5 Å². The summed E-state index contributed by atoms with van der Waals surface area (Å²) in [6.07, 6.45) is 1.39. The van der Waals surface area contributed by atoms with Gasteiger partial charge in [-0.2, -0.15) is 5.10 Å². The number of benzene rings is 3. The van der Waals surface area contributed by atoms with Gasteiger partial charge >= 0.3 is 5.91 Å². The minimum Gasteiger partial charge on any atom is -0.486 e. The number of nitrogens with zero attached hydrogens (tertiary/aromatic N) is 2. The number of ether oxygens (including phenoxy) is 2. The number of amides is 2. The van der Waals surface area contributed by atoms with Crippen LogP contribution in [0.3, 0.4) is 0 Å².